The Balaban J connectivity index is 2.38. The van der Waals surface area contributed by atoms with Crippen LogP contribution in [0.15, 0.2) is 42.5 Å². The fraction of sp³-hybridized carbons (Fsp3) is 0.0667. The maximum Gasteiger partial charge on any atom is 0.337 e. The molecule has 0 aliphatic carbocycles. The number of phenolic OH excluding ortho intramolecular Hbond substituents is 1. The van der Waals surface area contributed by atoms with Gasteiger partial charge in [0.1, 0.15) is 5.75 Å². The van der Waals surface area contributed by atoms with Crippen molar-refractivity contribution in [3.63, 3.8) is 0 Å². The Morgan fingerprint density at radius 3 is 2.30 bits per heavy atom. The third kappa shape index (κ3) is 2.61. The van der Waals surface area contributed by atoms with E-state index in [1.165, 1.54) is 18.2 Å². The molecule has 0 atom stereocenters. The normalized spacial score (nSPS) is 10.1. The smallest absolute Gasteiger partial charge is 0.337 e. The van der Waals surface area contributed by atoms with Gasteiger partial charge in [-0.15, -0.1) is 0 Å². The zero-order valence-corrected chi connectivity index (χ0v) is 10.8. The molecule has 2 aromatic rings. The minimum absolute atomic E-state index is 0.00812. The summed E-state index contributed by atoms with van der Waals surface area (Å²) in [6.07, 6.45) is 0. The number of aromatic carboxylic acids is 1. The molecular formula is C15H13NO4. The molecule has 0 aliphatic rings. The highest BCUT2D eigenvalue weighted by molar-refractivity contribution is 6.09. The largest absolute Gasteiger partial charge is 0.507 e. The number of aryl methyl sites for hydroxylation is 1. The molecule has 0 bridgehead atoms. The molecular weight excluding hydrogens is 258 g/mol. The van der Waals surface area contributed by atoms with Gasteiger partial charge in [0, 0.05) is 0 Å². The molecule has 0 saturated heterocycles. The van der Waals surface area contributed by atoms with E-state index in [0.717, 1.165) is 0 Å². The van der Waals surface area contributed by atoms with Gasteiger partial charge in [-0.05, 0) is 30.7 Å². The highest BCUT2D eigenvalue weighted by Crippen LogP contribution is 2.23. The summed E-state index contributed by atoms with van der Waals surface area (Å²) in [6, 6.07) is 10.8. The van der Waals surface area contributed by atoms with Crippen molar-refractivity contribution in [1.29, 1.82) is 0 Å². The predicted octanol–water partition coefficient (Wildman–Crippen LogP) is 2.65. The van der Waals surface area contributed by atoms with Gasteiger partial charge in [0.15, 0.2) is 0 Å². The van der Waals surface area contributed by atoms with Crippen LogP contribution in [-0.4, -0.2) is 22.1 Å². The lowest BCUT2D eigenvalue weighted by Gasteiger charge is -2.12. The van der Waals surface area contributed by atoms with E-state index in [1.807, 2.05) is 0 Å². The van der Waals surface area contributed by atoms with Crippen LogP contribution >= 0.6 is 0 Å². The molecule has 2 aromatic carbocycles. The molecule has 0 saturated carbocycles. The Bertz CT molecular complexity index is 679. The Kier molecular flexibility index (Phi) is 3.70. The van der Waals surface area contributed by atoms with E-state index < -0.39 is 11.9 Å². The zero-order valence-electron chi connectivity index (χ0n) is 10.8. The highest BCUT2D eigenvalue weighted by Gasteiger charge is 2.16. The van der Waals surface area contributed by atoms with Crippen LogP contribution < -0.4 is 5.32 Å². The number of nitrogens with one attached hydrogen (secondary N) is 1. The second-order valence-electron chi connectivity index (χ2n) is 4.27. The summed E-state index contributed by atoms with van der Waals surface area (Å²) in [7, 11) is 0. The minimum atomic E-state index is -1.12. The number of benzene rings is 2. The van der Waals surface area contributed by atoms with E-state index in [0.29, 0.717) is 5.56 Å². The quantitative estimate of drug-likeness (QED) is 0.801. The van der Waals surface area contributed by atoms with Crippen molar-refractivity contribution in [1.82, 2.24) is 0 Å². The second kappa shape index (κ2) is 5.44. The van der Waals surface area contributed by atoms with E-state index in [9.17, 15) is 14.7 Å². The van der Waals surface area contributed by atoms with E-state index >= 15 is 0 Å². The van der Waals surface area contributed by atoms with Crippen LogP contribution in [0.25, 0.3) is 0 Å². The first kappa shape index (κ1) is 13.6. The number of phenols is 1. The van der Waals surface area contributed by atoms with Gasteiger partial charge in [-0.2, -0.15) is 0 Å². The standard InChI is InChI=1S/C15H13NO4/c1-9-5-4-7-11(15(19)20)13(9)16-14(18)10-6-2-3-8-12(10)17/h2-8,17H,1H3,(H,16,18)(H,19,20). The first-order valence-corrected chi connectivity index (χ1v) is 5.93. The molecule has 0 spiro atoms. The molecule has 5 nitrogen and oxygen atoms in total. The maximum atomic E-state index is 12.1. The van der Waals surface area contributed by atoms with E-state index in [2.05, 4.69) is 5.32 Å². The monoisotopic (exact) mass is 271 g/mol. The van der Waals surface area contributed by atoms with Crippen LogP contribution in [0, 0.1) is 6.92 Å². The summed E-state index contributed by atoms with van der Waals surface area (Å²) >= 11 is 0. The molecule has 0 aromatic heterocycles. The van der Waals surface area contributed by atoms with E-state index in [4.69, 9.17) is 5.11 Å². The second-order valence-corrected chi connectivity index (χ2v) is 4.27. The van der Waals surface area contributed by atoms with Crippen LogP contribution in [0.4, 0.5) is 5.69 Å². The van der Waals surface area contributed by atoms with Crippen LogP contribution in [0.3, 0.4) is 0 Å². The van der Waals surface area contributed by atoms with Crippen LogP contribution in [0.1, 0.15) is 26.3 Å². The molecule has 1 amide bonds. The van der Waals surface area contributed by atoms with E-state index in [-0.39, 0.29) is 22.6 Å². The summed E-state index contributed by atoms with van der Waals surface area (Å²) in [6.45, 7) is 1.70. The molecule has 0 aliphatic heterocycles. The summed E-state index contributed by atoms with van der Waals surface area (Å²) in [5.41, 5.74) is 0.961. The number of hydrogen-bond donors (Lipinski definition) is 3. The van der Waals surface area contributed by atoms with Crippen molar-refractivity contribution in [2.45, 2.75) is 6.92 Å². The number of rotatable bonds is 3. The summed E-state index contributed by atoms with van der Waals surface area (Å²) in [5.74, 6) is -1.84. The fourth-order valence-corrected chi connectivity index (χ4v) is 1.86. The van der Waals surface area contributed by atoms with Crippen LogP contribution in [0.5, 0.6) is 5.75 Å². The molecule has 102 valence electrons. The lowest BCUT2D eigenvalue weighted by atomic mass is 10.1. The van der Waals surface area contributed by atoms with Gasteiger partial charge < -0.3 is 15.5 Å². The average Bonchev–Trinajstić information content (AvgIpc) is 2.41. The third-order valence-electron chi connectivity index (χ3n) is 2.89. The predicted molar refractivity (Wildman–Crippen MR) is 74.2 cm³/mol. The van der Waals surface area contributed by atoms with Crippen molar-refractivity contribution in [2.75, 3.05) is 5.32 Å². The number of hydrogen-bond acceptors (Lipinski definition) is 3. The first-order chi connectivity index (χ1) is 9.50. The lowest BCUT2D eigenvalue weighted by molar-refractivity contribution is 0.0698. The molecule has 2 rings (SSSR count). The van der Waals surface area contributed by atoms with Gasteiger partial charge in [0.25, 0.3) is 5.91 Å². The van der Waals surface area contributed by atoms with Gasteiger partial charge in [-0.25, -0.2) is 4.79 Å². The summed E-state index contributed by atoms with van der Waals surface area (Å²) in [4.78, 5) is 23.3. The minimum Gasteiger partial charge on any atom is -0.507 e. The van der Waals surface area contributed by atoms with Gasteiger partial charge >= 0.3 is 5.97 Å². The number of carbonyl (C=O) groups excluding carboxylic acids is 1. The lowest BCUT2D eigenvalue weighted by Crippen LogP contribution is -2.16. The number of carboxylic acid groups (broad SMARTS) is 1. The van der Waals surface area contributed by atoms with Crippen molar-refractivity contribution in [3.05, 3.63) is 59.2 Å². The number of para-hydroxylation sites is 2. The number of carbonyl (C=O) groups is 2. The number of amides is 1. The summed E-state index contributed by atoms with van der Waals surface area (Å²) in [5, 5.41) is 21.3. The van der Waals surface area contributed by atoms with Crippen LogP contribution in [-0.2, 0) is 0 Å². The highest BCUT2D eigenvalue weighted by atomic mass is 16.4. The molecule has 20 heavy (non-hydrogen) atoms. The van der Waals surface area contributed by atoms with Crippen LogP contribution in [0.2, 0.25) is 0 Å². The molecule has 0 radical (unpaired) electrons. The molecule has 0 unspecified atom stereocenters. The molecule has 5 heteroatoms. The topological polar surface area (TPSA) is 86.6 Å². The van der Waals surface area contributed by atoms with Gasteiger partial charge in [-0.3, -0.25) is 4.79 Å². The Labute approximate surface area is 115 Å². The number of aromatic hydroxyl groups is 1. The van der Waals surface area contributed by atoms with Gasteiger partial charge in [-0.1, -0.05) is 24.3 Å². The molecule has 0 heterocycles. The zero-order chi connectivity index (χ0) is 14.7. The number of anilines is 1. The summed E-state index contributed by atoms with van der Waals surface area (Å²) < 4.78 is 0. The van der Waals surface area contributed by atoms with Gasteiger partial charge in [0.2, 0.25) is 0 Å². The van der Waals surface area contributed by atoms with Crippen molar-refractivity contribution < 1.29 is 19.8 Å². The third-order valence-corrected chi connectivity index (χ3v) is 2.89. The number of carboxylic acids is 1. The Hall–Kier alpha value is -2.82. The van der Waals surface area contributed by atoms with Crippen molar-refractivity contribution >= 4 is 17.6 Å². The Morgan fingerprint density at radius 1 is 1.00 bits per heavy atom. The fourth-order valence-electron chi connectivity index (χ4n) is 1.86. The average molecular weight is 271 g/mol. The SMILES string of the molecule is Cc1cccc(C(=O)O)c1NC(=O)c1ccccc1O. The maximum absolute atomic E-state index is 12.1. The first-order valence-electron chi connectivity index (χ1n) is 5.93. The van der Waals surface area contributed by atoms with Gasteiger partial charge in [0.05, 0.1) is 16.8 Å². The van der Waals surface area contributed by atoms with Crippen molar-refractivity contribution in [3.8, 4) is 5.75 Å². The Morgan fingerprint density at radius 2 is 1.65 bits per heavy atom. The van der Waals surface area contributed by atoms with E-state index in [1.54, 1.807) is 31.2 Å². The molecule has 3 N–H and O–H groups in total. The van der Waals surface area contributed by atoms with Crippen molar-refractivity contribution in [2.24, 2.45) is 0 Å². The molecule has 0 fully saturated rings.